The van der Waals surface area contributed by atoms with E-state index >= 15 is 0 Å². The topological polar surface area (TPSA) is 66.5 Å². The third kappa shape index (κ3) is 5.14. The monoisotopic (exact) mass is 390 g/mol. The third-order valence-corrected chi connectivity index (χ3v) is 6.56. The van der Waals surface area contributed by atoms with Crippen LogP contribution >= 0.6 is 0 Å². The van der Waals surface area contributed by atoms with Gasteiger partial charge in [0.25, 0.3) is 0 Å². The Balaban J connectivity index is 1.56. The van der Waals surface area contributed by atoms with Crippen molar-refractivity contribution in [1.29, 1.82) is 0 Å². The van der Waals surface area contributed by atoms with Crippen molar-refractivity contribution in [3.63, 3.8) is 0 Å². The lowest BCUT2D eigenvalue weighted by molar-refractivity contribution is -0.116. The lowest BCUT2D eigenvalue weighted by atomic mass is 10.1. The Labute approximate surface area is 159 Å². The van der Waals surface area contributed by atoms with E-state index in [9.17, 15) is 17.6 Å². The second kappa shape index (κ2) is 8.63. The maximum Gasteiger partial charge on any atom is 0.243 e. The number of sulfonamides is 1. The van der Waals surface area contributed by atoms with Crippen LogP contribution in [0.5, 0.6) is 0 Å². The fraction of sp³-hybridized carbons (Fsp3) is 0.350. The molecule has 0 aromatic heterocycles. The molecule has 27 heavy (non-hydrogen) atoms. The fourth-order valence-electron chi connectivity index (χ4n) is 3.10. The van der Waals surface area contributed by atoms with Crippen LogP contribution in [-0.2, 0) is 21.2 Å². The molecule has 0 bridgehead atoms. The van der Waals surface area contributed by atoms with E-state index in [1.807, 2.05) is 0 Å². The van der Waals surface area contributed by atoms with E-state index in [2.05, 4.69) is 5.32 Å². The quantitative estimate of drug-likeness (QED) is 0.820. The summed E-state index contributed by atoms with van der Waals surface area (Å²) in [7, 11) is -3.47. The first-order chi connectivity index (χ1) is 12.9. The number of aryl methyl sites for hydroxylation is 1. The Kier molecular flexibility index (Phi) is 6.23. The van der Waals surface area contributed by atoms with Crippen LogP contribution < -0.4 is 5.32 Å². The SMILES string of the molecule is O=C(CCc1ccc(F)cc1)Nc1ccc(S(=O)(=O)N2CCCCC2)cc1. The summed E-state index contributed by atoms with van der Waals surface area (Å²) in [5.41, 5.74) is 1.44. The van der Waals surface area contributed by atoms with Gasteiger partial charge in [0.2, 0.25) is 15.9 Å². The van der Waals surface area contributed by atoms with E-state index in [1.54, 1.807) is 24.3 Å². The molecule has 144 valence electrons. The molecule has 1 amide bonds. The molecule has 7 heteroatoms. The summed E-state index contributed by atoms with van der Waals surface area (Å²) in [6.07, 6.45) is 3.62. The van der Waals surface area contributed by atoms with Crippen molar-refractivity contribution in [2.24, 2.45) is 0 Å². The van der Waals surface area contributed by atoms with Crippen molar-refractivity contribution in [3.05, 3.63) is 59.9 Å². The van der Waals surface area contributed by atoms with Gasteiger partial charge < -0.3 is 5.32 Å². The summed E-state index contributed by atoms with van der Waals surface area (Å²) in [4.78, 5) is 12.3. The largest absolute Gasteiger partial charge is 0.326 e. The number of carbonyl (C=O) groups is 1. The molecular formula is C20H23FN2O3S. The van der Waals surface area contributed by atoms with Gasteiger partial charge in [0, 0.05) is 25.2 Å². The number of benzene rings is 2. The lowest BCUT2D eigenvalue weighted by Crippen LogP contribution is -2.35. The Morgan fingerprint density at radius 1 is 0.963 bits per heavy atom. The minimum absolute atomic E-state index is 0.175. The Morgan fingerprint density at radius 2 is 1.59 bits per heavy atom. The van der Waals surface area contributed by atoms with Crippen LogP contribution in [0.3, 0.4) is 0 Å². The second-order valence-corrected chi connectivity index (χ2v) is 8.60. The lowest BCUT2D eigenvalue weighted by Gasteiger charge is -2.25. The number of rotatable bonds is 6. The first kappa shape index (κ1) is 19.5. The average molecular weight is 390 g/mol. The second-order valence-electron chi connectivity index (χ2n) is 6.66. The van der Waals surface area contributed by atoms with Crippen molar-refractivity contribution < 1.29 is 17.6 Å². The van der Waals surface area contributed by atoms with Gasteiger partial charge in [-0.05, 0) is 61.2 Å². The molecule has 0 radical (unpaired) electrons. The van der Waals surface area contributed by atoms with Gasteiger partial charge in [-0.15, -0.1) is 0 Å². The zero-order valence-electron chi connectivity index (χ0n) is 15.0. The molecule has 0 unspecified atom stereocenters. The van der Waals surface area contributed by atoms with Crippen molar-refractivity contribution in [3.8, 4) is 0 Å². The zero-order valence-corrected chi connectivity index (χ0v) is 15.8. The molecule has 1 N–H and O–H groups in total. The number of carbonyl (C=O) groups excluding carboxylic acids is 1. The van der Waals surface area contributed by atoms with Gasteiger partial charge >= 0.3 is 0 Å². The highest BCUT2D eigenvalue weighted by Gasteiger charge is 2.25. The van der Waals surface area contributed by atoms with Crippen molar-refractivity contribution >= 4 is 21.6 Å². The maximum atomic E-state index is 12.9. The number of nitrogens with zero attached hydrogens (tertiary/aromatic N) is 1. The number of hydrogen-bond acceptors (Lipinski definition) is 3. The van der Waals surface area contributed by atoms with E-state index < -0.39 is 10.0 Å². The van der Waals surface area contributed by atoms with Crippen LogP contribution in [0.2, 0.25) is 0 Å². The Hall–Kier alpha value is -2.25. The van der Waals surface area contributed by atoms with E-state index in [1.165, 1.54) is 28.6 Å². The minimum Gasteiger partial charge on any atom is -0.326 e. The molecule has 3 rings (SSSR count). The summed E-state index contributed by atoms with van der Waals surface area (Å²) in [6.45, 7) is 1.12. The molecule has 1 heterocycles. The van der Waals surface area contributed by atoms with E-state index in [0.717, 1.165) is 24.8 Å². The number of piperidine rings is 1. The van der Waals surface area contributed by atoms with Crippen LogP contribution in [0.1, 0.15) is 31.2 Å². The molecule has 1 aliphatic heterocycles. The normalized spacial score (nSPS) is 15.4. The van der Waals surface area contributed by atoms with Gasteiger partial charge in [0.15, 0.2) is 0 Å². The summed E-state index contributed by atoms with van der Waals surface area (Å²) in [5.74, 6) is -0.478. The Morgan fingerprint density at radius 3 is 2.22 bits per heavy atom. The summed E-state index contributed by atoms with van der Waals surface area (Å²) < 4.78 is 39.6. The van der Waals surface area contributed by atoms with Crippen LogP contribution in [0.4, 0.5) is 10.1 Å². The molecule has 2 aromatic carbocycles. The highest BCUT2D eigenvalue weighted by molar-refractivity contribution is 7.89. The molecule has 2 aromatic rings. The van der Waals surface area contributed by atoms with Crippen molar-refractivity contribution in [2.75, 3.05) is 18.4 Å². The number of anilines is 1. The van der Waals surface area contributed by atoms with Crippen LogP contribution in [0.15, 0.2) is 53.4 Å². The fourth-order valence-corrected chi connectivity index (χ4v) is 4.61. The standard InChI is InChI=1S/C20H23FN2O3S/c21-17-7-4-16(5-8-17)6-13-20(24)22-18-9-11-19(12-10-18)27(25,26)23-14-2-1-3-15-23/h4-5,7-12H,1-3,6,13-15H2,(H,22,24). The average Bonchev–Trinajstić information content (AvgIpc) is 2.69. The van der Waals surface area contributed by atoms with Gasteiger partial charge in [-0.2, -0.15) is 4.31 Å². The molecule has 0 saturated carbocycles. The third-order valence-electron chi connectivity index (χ3n) is 4.64. The minimum atomic E-state index is -3.47. The summed E-state index contributed by atoms with van der Waals surface area (Å²) in [6, 6.07) is 12.3. The highest BCUT2D eigenvalue weighted by Crippen LogP contribution is 2.22. The first-order valence-corrected chi connectivity index (χ1v) is 10.5. The Bertz CT molecular complexity index is 874. The summed E-state index contributed by atoms with van der Waals surface area (Å²) >= 11 is 0. The number of hydrogen-bond donors (Lipinski definition) is 1. The first-order valence-electron chi connectivity index (χ1n) is 9.10. The van der Waals surface area contributed by atoms with Crippen molar-refractivity contribution in [2.45, 2.75) is 37.0 Å². The van der Waals surface area contributed by atoms with Crippen LogP contribution in [0, 0.1) is 5.82 Å². The number of halogens is 1. The van der Waals surface area contributed by atoms with E-state index in [0.29, 0.717) is 25.2 Å². The molecule has 1 aliphatic rings. The highest BCUT2D eigenvalue weighted by atomic mass is 32.2. The predicted molar refractivity (Wildman–Crippen MR) is 102 cm³/mol. The van der Waals surface area contributed by atoms with E-state index in [-0.39, 0.29) is 23.0 Å². The van der Waals surface area contributed by atoms with Gasteiger partial charge in [-0.1, -0.05) is 18.6 Å². The van der Waals surface area contributed by atoms with Gasteiger partial charge in [-0.3, -0.25) is 4.79 Å². The molecule has 0 aliphatic carbocycles. The number of nitrogens with one attached hydrogen (secondary N) is 1. The van der Waals surface area contributed by atoms with Crippen LogP contribution in [-0.4, -0.2) is 31.7 Å². The van der Waals surface area contributed by atoms with Gasteiger partial charge in [0.1, 0.15) is 5.82 Å². The molecule has 0 spiro atoms. The molecule has 5 nitrogen and oxygen atoms in total. The van der Waals surface area contributed by atoms with Gasteiger partial charge in [0.05, 0.1) is 4.90 Å². The molecule has 1 fully saturated rings. The van der Waals surface area contributed by atoms with E-state index in [4.69, 9.17) is 0 Å². The number of amides is 1. The summed E-state index contributed by atoms with van der Waals surface area (Å²) in [5, 5.41) is 2.76. The smallest absolute Gasteiger partial charge is 0.243 e. The molecular weight excluding hydrogens is 367 g/mol. The molecule has 0 atom stereocenters. The maximum absolute atomic E-state index is 12.9. The van der Waals surface area contributed by atoms with Crippen LogP contribution in [0.25, 0.3) is 0 Å². The zero-order chi connectivity index (χ0) is 19.3. The molecule has 1 saturated heterocycles. The predicted octanol–water partition coefficient (Wildman–Crippen LogP) is 3.57. The van der Waals surface area contributed by atoms with Crippen molar-refractivity contribution in [1.82, 2.24) is 4.31 Å². The van der Waals surface area contributed by atoms with Gasteiger partial charge in [-0.25, -0.2) is 12.8 Å².